The zero-order chi connectivity index (χ0) is 12.4. The summed E-state index contributed by atoms with van der Waals surface area (Å²) >= 11 is 0. The number of phenolic OH excluding ortho intramolecular Hbond substituents is 2. The molecule has 2 aromatic rings. The van der Waals surface area contributed by atoms with E-state index in [0.717, 1.165) is 0 Å². The van der Waals surface area contributed by atoms with Gasteiger partial charge in [0, 0.05) is 0 Å². The summed E-state index contributed by atoms with van der Waals surface area (Å²) in [6.45, 7) is 3.59. The molecule has 2 rings (SSSR count). The molecule has 17 heavy (non-hydrogen) atoms. The third-order valence-electron chi connectivity index (χ3n) is 2.27. The zero-order valence-corrected chi connectivity index (χ0v) is 9.49. The van der Waals surface area contributed by atoms with Crippen molar-refractivity contribution in [3.05, 3.63) is 35.4 Å². The van der Waals surface area contributed by atoms with E-state index in [4.69, 9.17) is 5.11 Å². The van der Waals surface area contributed by atoms with Gasteiger partial charge in [-0.15, -0.1) is 10.2 Å². The van der Waals surface area contributed by atoms with Crippen LogP contribution in [-0.4, -0.2) is 31.3 Å². The average molecular weight is 232 g/mol. The lowest BCUT2D eigenvalue weighted by Crippen LogP contribution is -1.96. The van der Waals surface area contributed by atoms with Gasteiger partial charge < -0.3 is 10.2 Å². The van der Waals surface area contributed by atoms with Gasteiger partial charge in [-0.3, -0.25) is 0 Å². The maximum absolute atomic E-state index is 9.32. The van der Waals surface area contributed by atoms with E-state index in [2.05, 4.69) is 15.3 Å². The van der Waals surface area contributed by atoms with Crippen molar-refractivity contribution in [2.75, 3.05) is 0 Å². The summed E-state index contributed by atoms with van der Waals surface area (Å²) in [4.78, 5) is 0. The SMILES string of the molecule is Cc1nnc(C)n1N=Cc1ccc(O)c(O)c1. The van der Waals surface area contributed by atoms with Gasteiger partial charge in [-0.2, -0.15) is 5.10 Å². The lowest BCUT2D eigenvalue weighted by molar-refractivity contribution is 0.403. The van der Waals surface area contributed by atoms with Crippen LogP contribution in [0.4, 0.5) is 0 Å². The Morgan fingerprint density at radius 2 is 1.76 bits per heavy atom. The molecule has 0 aliphatic carbocycles. The monoisotopic (exact) mass is 232 g/mol. The van der Waals surface area contributed by atoms with Gasteiger partial charge in [0.05, 0.1) is 6.21 Å². The van der Waals surface area contributed by atoms with Gasteiger partial charge in [0.15, 0.2) is 23.1 Å². The minimum atomic E-state index is -0.175. The average Bonchev–Trinajstić information content (AvgIpc) is 2.61. The molecule has 2 N–H and O–H groups in total. The highest BCUT2D eigenvalue weighted by Crippen LogP contribution is 2.24. The van der Waals surface area contributed by atoms with Crippen LogP contribution in [-0.2, 0) is 0 Å². The Morgan fingerprint density at radius 1 is 1.12 bits per heavy atom. The van der Waals surface area contributed by atoms with Crippen LogP contribution in [0.25, 0.3) is 0 Å². The molecule has 1 aromatic heterocycles. The fourth-order valence-electron chi connectivity index (χ4n) is 1.38. The van der Waals surface area contributed by atoms with E-state index in [1.807, 2.05) is 0 Å². The van der Waals surface area contributed by atoms with Crippen molar-refractivity contribution < 1.29 is 10.2 Å². The van der Waals surface area contributed by atoms with E-state index in [1.54, 1.807) is 30.8 Å². The lowest BCUT2D eigenvalue weighted by atomic mass is 10.2. The van der Waals surface area contributed by atoms with Crippen molar-refractivity contribution in [1.82, 2.24) is 14.9 Å². The molecule has 0 amide bonds. The van der Waals surface area contributed by atoms with Crippen LogP contribution in [0.3, 0.4) is 0 Å². The molecule has 0 atom stereocenters. The molecular formula is C11H12N4O2. The first kappa shape index (κ1) is 11.1. The third-order valence-corrected chi connectivity index (χ3v) is 2.27. The highest BCUT2D eigenvalue weighted by molar-refractivity contribution is 5.80. The minimum absolute atomic E-state index is 0.154. The van der Waals surface area contributed by atoms with E-state index in [9.17, 15) is 5.11 Å². The van der Waals surface area contributed by atoms with Crippen LogP contribution in [0.15, 0.2) is 23.3 Å². The van der Waals surface area contributed by atoms with Gasteiger partial charge in [-0.05, 0) is 37.6 Å². The van der Waals surface area contributed by atoms with Gasteiger partial charge in [0.1, 0.15) is 0 Å². The number of phenols is 2. The van der Waals surface area contributed by atoms with Crippen molar-refractivity contribution in [3.63, 3.8) is 0 Å². The number of aromatic nitrogens is 3. The third kappa shape index (κ3) is 2.25. The molecular weight excluding hydrogens is 220 g/mol. The summed E-state index contributed by atoms with van der Waals surface area (Å²) in [7, 11) is 0. The first-order valence-electron chi connectivity index (χ1n) is 5.03. The smallest absolute Gasteiger partial charge is 0.158 e. The van der Waals surface area contributed by atoms with E-state index in [1.165, 1.54) is 12.1 Å². The van der Waals surface area contributed by atoms with Crippen molar-refractivity contribution in [2.24, 2.45) is 5.10 Å². The number of aryl methyl sites for hydroxylation is 2. The molecule has 0 unspecified atom stereocenters. The molecule has 0 radical (unpaired) electrons. The highest BCUT2D eigenvalue weighted by atomic mass is 16.3. The normalized spacial score (nSPS) is 11.2. The Labute approximate surface area is 97.9 Å². The molecule has 88 valence electrons. The van der Waals surface area contributed by atoms with E-state index >= 15 is 0 Å². The Kier molecular flexibility index (Phi) is 2.78. The Morgan fingerprint density at radius 3 is 2.35 bits per heavy atom. The summed E-state index contributed by atoms with van der Waals surface area (Å²) in [6, 6.07) is 4.48. The molecule has 0 aliphatic heterocycles. The number of rotatable bonds is 2. The van der Waals surface area contributed by atoms with Crippen molar-refractivity contribution in [2.45, 2.75) is 13.8 Å². The molecule has 1 heterocycles. The fraction of sp³-hybridized carbons (Fsp3) is 0.182. The van der Waals surface area contributed by atoms with Gasteiger partial charge in [0.2, 0.25) is 0 Å². The van der Waals surface area contributed by atoms with Crippen molar-refractivity contribution in [1.29, 1.82) is 0 Å². The first-order chi connectivity index (χ1) is 8.08. The number of benzene rings is 1. The van der Waals surface area contributed by atoms with Crippen LogP contribution in [0, 0.1) is 13.8 Å². The zero-order valence-electron chi connectivity index (χ0n) is 9.49. The fourth-order valence-corrected chi connectivity index (χ4v) is 1.38. The molecule has 0 saturated heterocycles. The summed E-state index contributed by atoms with van der Waals surface area (Å²) in [5.41, 5.74) is 0.674. The van der Waals surface area contributed by atoms with Gasteiger partial charge in [-0.25, -0.2) is 4.68 Å². The van der Waals surface area contributed by atoms with E-state index in [0.29, 0.717) is 17.2 Å². The molecule has 0 spiro atoms. The van der Waals surface area contributed by atoms with Gasteiger partial charge in [-0.1, -0.05) is 0 Å². The summed E-state index contributed by atoms with van der Waals surface area (Å²) in [5, 5.41) is 30.4. The molecule has 0 saturated carbocycles. The molecule has 0 fully saturated rings. The van der Waals surface area contributed by atoms with Crippen LogP contribution in [0.1, 0.15) is 17.2 Å². The topological polar surface area (TPSA) is 83.5 Å². The van der Waals surface area contributed by atoms with Gasteiger partial charge in [0.25, 0.3) is 0 Å². The number of nitrogens with zero attached hydrogens (tertiary/aromatic N) is 4. The van der Waals surface area contributed by atoms with Crippen molar-refractivity contribution >= 4 is 6.21 Å². The lowest BCUT2D eigenvalue weighted by Gasteiger charge is -1.99. The van der Waals surface area contributed by atoms with Crippen LogP contribution in [0.2, 0.25) is 0 Å². The number of hydrogen-bond acceptors (Lipinski definition) is 5. The highest BCUT2D eigenvalue weighted by Gasteiger charge is 2.02. The second-order valence-electron chi connectivity index (χ2n) is 3.60. The largest absolute Gasteiger partial charge is 0.504 e. The van der Waals surface area contributed by atoms with Crippen LogP contribution >= 0.6 is 0 Å². The quantitative estimate of drug-likeness (QED) is 0.601. The maximum atomic E-state index is 9.32. The summed E-state index contributed by atoms with van der Waals surface area (Å²) in [5.74, 6) is 1.04. The molecule has 0 bridgehead atoms. The van der Waals surface area contributed by atoms with E-state index < -0.39 is 0 Å². The minimum Gasteiger partial charge on any atom is -0.504 e. The predicted octanol–water partition coefficient (Wildman–Crippen LogP) is 1.19. The molecule has 1 aromatic carbocycles. The van der Waals surface area contributed by atoms with Gasteiger partial charge >= 0.3 is 0 Å². The van der Waals surface area contributed by atoms with Crippen molar-refractivity contribution in [3.8, 4) is 11.5 Å². The maximum Gasteiger partial charge on any atom is 0.158 e. The Balaban J connectivity index is 2.29. The standard InChI is InChI=1S/C11H12N4O2/c1-7-13-14-8(2)15(7)12-6-9-3-4-10(16)11(17)5-9/h3-6,16-17H,1-2H3. The Bertz CT molecular complexity index is 555. The summed E-state index contributed by atoms with van der Waals surface area (Å²) < 4.78 is 1.59. The second kappa shape index (κ2) is 4.25. The summed E-state index contributed by atoms with van der Waals surface area (Å²) in [6.07, 6.45) is 1.56. The first-order valence-corrected chi connectivity index (χ1v) is 5.03. The number of hydrogen-bond donors (Lipinski definition) is 2. The Hall–Kier alpha value is -2.37. The number of aromatic hydroxyl groups is 2. The van der Waals surface area contributed by atoms with Crippen LogP contribution < -0.4 is 0 Å². The molecule has 0 aliphatic rings. The van der Waals surface area contributed by atoms with Crippen LogP contribution in [0.5, 0.6) is 11.5 Å². The second-order valence-corrected chi connectivity index (χ2v) is 3.60. The predicted molar refractivity (Wildman–Crippen MR) is 62.3 cm³/mol. The van der Waals surface area contributed by atoms with E-state index in [-0.39, 0.29) is 11.5 Å². The molecule has 6 nitrogen and oxygen atoms in total. The molecule has 6 heteroatoms.